The molecule has 3 rings (SSSR count). The number of carbonyl (C=O) groups excluding carboxylic acids is 1. The molecule has 33 heavy (non-hydrogen) atoms. The maximum Gasteiger partial charge on any atom is 0.326 e. The van der Waals surface area contributed by atoms with Crippen LogP contribution in [0.2, 0.25) is 0 Å². The topological polar surface area (TPSA) is 239 Å². The Kier molecular flexibility index (Phi) is 6.65. The van der Waals surface area contributed by atoms with Crippen LogP contribution in [0.25, 0.3) is 11.2 Å². The molecule has 172 valence electrons. The average Bonchev–Trinajstić information content (AvgIpc) is 2.74. The summed E-state index contributed by atoms with van der Waals surface area (Å²) < 4.78 is 14.3. The number of aromatic amines is 1. The number of rotatable bonds is 9. The molecule has 3 heterocycles. The van der Waals surface area contributed by atoms with E-state index in [0.717, 1.165) is 6.20 Å². The molecule has 1 atom stereocenters. The number of anilines is 2. The van der Waals surface area contributed by atoms with Gasteiger partial charge in [0.2, 0.25) is 17.8 Å². The molecule has 0 fully saturated rings. The molecule has 0 aliphatic rings. The Morgan fingerprint density at radius 1 is 1.15 bits per heavy atom. The number of hydrogen-bond acceptors (Lipinski definition) is 11. The van der Waals surface area contributed by atoms with Crippen molar-refractivity contribution in [1.29, 1.82) is 0 Å². The van der Waals surface area contributed by atoms with Gasteiger partial charge in [-0.1, -0.05) is 0 Å². The smallest absolute Gasteiger partial charge is 0.326 e. The van der Waals surface area contributed by atoms with E-state index in [4.69, 9.17) is 15.9 Å². The van der Waals surface area contributed by atoms with Crippen LogP contribution in [-0.2, 0) is 16.1 Å². The van der Waals surface area contributed by atoms with E-state index in [1.54, 1.807) is 0 Å². The molecule has 3 aromatic rings. The number of nitrogens with zero attached hydrogens (tertiary/aromatic N) is 5. The summed E-state index contributed by atoms with van der Waals surface area (Å²) in [5.41, 5.74) is 4.46. The normalized spacial score (nSPS) is 11.7. The van der Waals surface area contributed by atoms with Gasteiger partial charge in [0.15, 0.2) is 11.2 Å². The van der Waals surface area contributed by atoms with Gasteiger partial charge in [-0.3, -0.25) is 19.4 Å². The lowest BCUT2D eigenvalue weighted by Crippen LogP contribution is -2.41. The largest absolute Gasteiger partial charge is 0.481 e. The highest BCUT2D eigenvalue weighted by molar-refractivity contribution is 5.96. The standard InChI is InChI=1S/C17H16FN9O6/c18-11-7(13(30)24-8(15(32)33)1-2-9(28)29)5-22-17(25-11)21-4-6-3-20-12-10(23-6)14(31)27-16(19)26-12/h3,5,8H,1-2,4H2,(H,24,30)(H,28,29)(H,32,33)(H,21,22,25)(H3,19,20,26,27,31)/t8-/m0/s1. The first-order valence-corrected chi connectivity index (χ1v) is 9.17. The third kappa shape index (κ3) is 5.69. The molecule has 7 N–H and O–H groups in total. The van der Waals surface area contributed by atoms with Crippen molar-refractivity contribution in [3.8, 4) is 0 Å². The highest BCUT2D eigenvalue weighted by Crippen LogP contribution is 2.10. The second-order valence-electron chi connectivity index (χ2n) is 6.53. The number of halogens is 1. The minimum atomic E-state index is -1.54. The van der Waals surface area contributed by atoms with E-state index >= 15 is 0 Å². The van der Waals surface area contributed by atoms with Crippen LogP contribution in [0.5, 0.6) is 0 Å². The number of fused-ring (bicyclic) bond motifs is 1. The van der Waals surface area contributed by atoms with Gasteiger partial charge in [0.05, 0.1) is 18.4 Å². The molecule has 0 aromatic carbocycles. The van der Waals surface area contributed by atoms with Crippen LogP contribution in [0.3, 0.4) is 0 Å². The van der Waals surface area contributed by atoms with E-state index in [2.05, 4.69) is 35.2 Å². The number of nitrogens with two attached hydrogens (primary N) is 1. The van der Waals surface area contributed by atoms with Crippen molar-refractivity contribution in [2.24, 2.45) is 0 Å². The van der Waals surface area contributed by atoms with Gasteiger partial charge in [-0.05, 0) is 6.42 Å². The lowest BCUT2D eigenvalue weighted by molar-refractivity contribution is -0.140. The molecule has 0 saturated heterocycles. The van der Waals surface area contributed by atoms with Gasteiger partial charge in [0.1, 0.15) is 11.6 Å². The monoisotopic (exact) mass is 461 g/mol. The van der Waals surface area contributed by atoms with Gasteiger partial charge >= 0.3 is 11.9 Å². The van der Waals surface area contributed by atoms with Crippen molar-refractivity contribution in [3.05, 3.63) is 40.0 Å². The van der Waals surface area contributed by atoms with Crippen LogP contribution in [-0.4, -0.2) is 64.0 Å². The van der Waals surface area contributed by atoms with Crippen LogP contribution in [0.1, 0.15) is 28.9 Å². The molecule has 16 heteroatoms. The summed E-state index contributed by atoms with van der Waals surface area (Å²) in [6, 6.07) is -1.54. The number of nitrogens with one attached hydrogen (secondary N) is 3. The Bertz CT molecular complexity index is 1300. The number of H-pyrrole nitrogens is 1. The Balaban J connectivity index is 1.68. The Morgan fingerprint density at radius 3 is 2.58 bits per heavy atom. The zero-order valence-corrected chi connectivity index (χ0v) is 16.6. The van der Waals surface area contributed by atoms with Crippen molar-refractivity contribution in [2.75, 3.05) is 11.1 Å². The van der Waals surface area contributed by atoms with Crippen molar-refractivity contribution >= 4 is 40.9 Å². The van der Waals surface area contributed by atoms with E-state index < -0.39 is 53.8 Å². The number of carbonyl (C=O) groups is 3. The lowest BCUT2D eigenvalue weighted by Gasteiger charge is -2.13. The third-order valence-corrected chi connectivity index (χ3v) is 4.15. The van der Waals surface area contributed by atoms with Crippen LogP contribution >= 0.6 is 0 Å². The molecule has 0 bridgehead atoms. The van der Waals surface area contributed by atoms with Crippen molar-refractivity contribution < 1.29 is 29.0 Å². The fourth-order valence-corrected chi connectivity index (χ4v) is 2.59. The number of hydrogen-bond donors (Lipinski definition) is 6. The summed E-state index contributed by atoms with van der Waals surface area (Å²) in [6.45, 7) is -0.0615. The summed E-state index contributed by atoms with van der Waals surface area (Å²) in [7, 11) is 0. The predicted molar refractivity (Wildman–Crippen MR) is 107 cm³/mol. The number of carboxylic acid groups (broad SMARTS) is 2. The Morgan fingerprint density at radius 2 is 1.91 bits per heavy atom. The van der Waals surface area contributed by atoms with Crippen molar-refractivity contribution in [3.63, 3.8) is 0 Å². The molecule has 0 aliphatic heterocycles. The second-order valence-corrected chi connectivity index (χ2v) is 6.53. The molecule has 0 radical (unpaired) electrons. The number of amides is 1. The first-order chi connectivity index (χ1) is 15.6. The first kappa shape index (κ1) is 22.9. The first-order valence-electron chi connectivity index (χ1n) is 9.17. The molecule has 0 unspecified atom stereocenters. The highest BCUT2D eigenvalue weighted by atomic mass is 19.1. The average molecular weight is 461 g/mol. The fourth-order valence-electron chi connectivity index (χ4n) is 2.59. The summed E-state index contributed by atoms with van der Waals surface area (Å²) in [6.07, 6.45) is 1.24. The van der Waals surface area contributed by atoms with Gasteiger partial charge in [-0.25, -0.2) is 19.7 Å². The number of carboxylic acids is 2. The summed E-state index contributed by atoms with van der Waals surface area (Å²) in [5, 5.41) is 22.4. The van der Waals surface area contributed by atoms with Gasteiger partial charge in [-0.15, -0.1) is 0 Å². The maximum absolute atomic E-state index is 14.3. The van der Waals surface area contributed by atoms with Crippen LogP contribution in [0.15, 0.2) is 17.2 Å². The SMILES string of the molecule is Nc1nc2ncc(CNc3ncc(C(=O)N[C@@H](CCC(=O)O)C(=O)O)c(F)n3)nc2c(=O)[nH]1. The molecule has 15 nitrogen and oxygen atoms in total. The zero-order chi connectivity index (χ0) is 24.1. The van der Waals surface area contributed by atoms with Gasteiger partial charge in [0, 0.05) is 12.6 Å². The Hall–Kier alpha value is -4.76. The summed E-state index contributed by atoms with van der Waals surface area (Å²) in [5.74, 6) is -5.43. The number of aromatic nitrogens is 6. The molecule has 3 aromatic heterocycles. The fraction of sp³-hybridized carbons (Fsp3) is 0.235. The Labute approximate surface area is 182 Å². The lowest BCUT2D eigenvalue weighted by atomic mass is 10.1. The van der Waals surface area contributed by atoms with E-state index in [9.17, 15) is 23.6 Å². The van der Waals surface area contributed by atoms with Gasteiger partial charge in [-0.2, -0.15) is 14.4 Å². The van der Waals surface area contributed by atoms with E-state index in [1.807, 2.05) is 5.32 Å². The quantitative estimate of drug-likeness (QED) is 0.207. The molecule has 0 spiro atoms. The third-order valence-electron chi connectivity index (χ3n) is 4.15. The van der Waals surface area contributed by atoms with Crippen LogP contribution in [0.4, 0.5) is 16.3 Å². The highest BCUT2D eigenvalue weighted by Gasteiger charge is 2.24. The van der Waals surface area contributed by atoms with Gasteiger partial charge < -0.3 is 26.6 Å². The predicted octanol–water partition coefficient (Wildman–Crippen LogP) is -1.12. The van der Waals surface area contributed by atoms with Crippen LogP contribution < -0.4 is 21.9 Å². The minimum absolute atomic E-state index is 0.0423. The molecule has 0 saturated carbocycles. The number of aliphatic carboxylic acids is 2. The van der Waals surface area contributed by atoms with E-state index in [-0.39, 0.29) is 35.3 Å². The second kappa shape index (κ2) is 9.58. The minimum Gasteiger partial charge on any atom is -0.481 e. The zero-order valence-electron chi connectivity index (χ0n) is 16.6. The van der Waals surface area contributed by atoms with Crippen molar-refractivity contribution in [2.45, 2.75) is 25.4 Å². The molecular formula is C17H16FN9O6. The van der Waals surface area contributed by atoms with Crippen molar-refractivity contribution in [1.82, 2.24) is 35.2 Å². The maximum atomic E-state index is 14.3. The number of nitrogen functional groups attached to an aromatic ring is 1. The summed E-state index contributed by atoms with van der Waals surface area (Å²) >= 11 is 0. The molecule has 0 aliphatic carbocycles. The molecular weight excluding hydrogens is 445 g/mol. The van der Waals surface area contributed by atoms with E-state index in [0.29, 0.717) is 0 Å². The molecule has 1 amide bonds. The van der Waals surface area contributed by atoms with Crippen LogP contribution in [0, 0.1) is 5.95 Å². The van der Waals surface area contributed by atoms with E-state index in [1.165, 1.54) is 6.20 Å². The summed E-state index contributed by atoms with van der Waals surface area (Å²) in [4.78, 5) is 67.3. The van der Waals surface area contributed by atoms with Gasteiger partial charge in [0.25, 0.3) is 11.5 Å².